The van der Waals surface area contributed by atoms with Gasteiger partial charge in [0, 0.05) is 18.3 Å². The Hall–Kier alpha value is -1.76. The van der Waals surface area contributed by atoms with Crippen LogP contribution in [0, 0.1) is 23.2 Å². The highest BCUT2D eigenvalue weighted by Gasteiger charge is 2.48. The van der Waals surface area contributed by atoms with E-state index in [4.69, 9.17) is 0 Å². The van der Waals surface area contributed by atoms with Gasteiger partial charge in [-0.05, 0) is 56.4 Å². The quantitative estimate of drug-likeness (QED) is 0.914. The van der Waals surface area contributed by atoms with Crippen LogP contribution in [0.1, 0.15) is 53.8 Å². The predicted molar refractivity (Wildman–Crippen MR) is 74.2 cm³/mol. The van der Waals surface area contributed by atoms with E-state index in [1.807, 2.05) is 0 Å². The lowest BCUT2D eigenvalue weighted by atomic mass is 10.1. The summed E-state index contributed by atoms with van der Waals surface area (Å²) in [5, 5.41) is 12.4. The average molecular weight is 269 g/mol. The lowest BCUT2D eigenvalue weighted by Gasteiger charge is -2.18. The Bertz CT molecular complexity index is 606. The molecule has 4 rings (SSSR count). The van der Waals surface area contributed by atoms with Crippen LogP contribution in [0.3, 0.4) is 0 Å². The molecule has 4 heteroatoms. The SMILES string of the molecule is N#Cc1cc(C(=O)N[C@@H]2C[C@H]2C2CC2)n2c1CCCC2. The summed E-state index contributed by atoms with van der Waals surface area (Å²) in [7, 11) is 0. The van der Waals surface area contributed by atoms with E-state index in [2.05, 4.69) is 16.0 Å². The average Bonchev–Trinajstić information content (AvgIpc) is 3.36. The van der Waals surface area contributed by atoms with Gasteiger partial charge in [-0.15, -0.1) is 0 Å². The molecule has 2 aliphatic carbocycles. The Morgan fingerprint density at radius 2 is 2.25 bits per heavy atom. The minimum absolute atomic E-state index is 0.0165. The molecule has 1 aliphatic heterocycles. The van der Waals surface area contributed by atoms with E-state index in [9.17, 15) is 10.1 Å². The van der Waals surface area contributed by atoms with E-state index in [1.54, 1.807) is 6.07 Å². The van der Waals surface area contributed by atoms with Crippen LogP contribution in [0.2, 0.25) is 0 Å². The van der Waals surface area contributed by atoms with E-state index in [1.165, 1.54) is 12.8 Å². The van der Waals surface area contributed by atoms with E-state index < -0.39 is 0 Å². The monoisotopic (exact) mass is 269 g/mol. The zero-order valence-electron chi connectivity index (χ0n) is 11.6. The molecule has 1 N–H and O–H groups in total. The summed E-state index contributed by atoms with van der Waals surface area (Å²) in [6, 6.07) is 4.40. The number of nitrogens with one attached hydrogen (secondary N) is 1. The zero-order chi connectivity index (χ0) is 13.7. The maximum absolute atomic E-state index is 12.4. The van der Waals surface area contributed by atoms with Gasteiger partial charge in [-0.2, -0.15) is 5.26 Å². The lowest BCUT2D eigenvalue weighted by molar-refractivity contribution is 0.0938. The molecule has 1 aromatic rings. The van der Waals surface area contributed by atoms with Crippen LogP contribution < -0.4 is 5.32 Å². The molecule has 1 aromatic heterocycles. The minimum atomic E-state index is 0.0165. The Kier molecular flexibility index (Phi) is 2.63. The number of nitrogens with zero attached hydrogens (tertiary/aromatic N) is 2. The number of carbonyl (C=O) groups excluding carboxylic acids is 1. The Labute approximate surface area is 118 Å². The Balaban J connectivity index is 1.54. The van der Waals surface area contributed by atoms with Gasteiger partial charge in [-0.3, -0.25) is 4.79 Å². The first-order valence-corrected chi connectivity index (χ1v) is 7.71. The van der Waals surface area contributed by atoms with Crippen molar-refractivity contribution in [2.45, 2.75) is 51.1 Å². The predicted octanol–water partition coefficient (Wildman–Crippen LogP) is 2.22. The zero-order valence-corrected chi connectivity index (χ0v) is 11.6. The first kappa shape index (κ1) is 12.0. The molecule has 20 heavy (non-hydrogen) atoms. The summed E-state index contributed by atoms with van der Waals surface area (Å²) in [5.74, 6) is 1.61. The van der Waals surface area contributed by atoms with Crippen molar-refractivity contribution in [1.29, 1.82) is 5.26 Å². The third-order valence-electron chi connectivity index (χ3n) is 4.99. The molecule has 4 nitrogen and oxygen atoms in total. The van der Waals surface area contributed by atoms with Gasteiger partial charge < -0.3 is 9.88 Å². The number of rotatable bonds is 3. The van der Waals surface area contributed by atoms with Gasteiger partial charge in [0.25, 0.3) is 5.91 Å². The van der Waals surface area contributed by atoms with Gasteiger partial charge in [0.15, 0.2) is 0 Å². The third kappa shape index (κ3) is 1.93. The fourth-order valence-electron chi connectivity index (χ4n) is 3.63. The highest BCUT2D eigenvalue weighted by molar-refractivity contribution is 5.94. The first-order chi connectivity index (χ1) is 9.78. The van der Waals surface area contributed by atoms with Crippen molar-refractivity contribution in [3.05, 3.63) is 23.0 Å². The number of nitriles is 1. The number of hydrogen-bond acceptors (Lipinski definition) is 2. The van der Waals surface area contributed by atoms with E-state index in [0.717, 1.165) is 49.8 Å². The topological polar surface area (TPSA) is 57.8 Å². The molecule has 2 fully saturated rings. The molecule has 0 unspecified atom stereocenters. The summed E-state index contributed by atoms with van der Waals surface area (Å²) in [6.45, 7) is 0.872. The standard InChI is InChI=1S/C16H19N3O/c17-9-11-7-15(19-6-2-1-3-14(11)19)16(20)18-13-8-12(13)10-4-5-10/h7,10,12-13H,1-6,8H2,(H,18,20)/t12-,13+/m0/s1. The van der Waals surface area contributed by atoms with Crippen LogP contribution in [-0.4, -0.2) is 16.5 Å². The molecule has 0 spiro atoms. The van der Waals surface area contributed by atoms with Crippen molar-refractivity contribution >= 4 is 5.91 Å². The molecule has 3 aliphatic rings. The Morgan fingerprint density at radius 3 is 3.00 bits per heavy atom. The molecule has 2 saturated carbocycles. The van der Waals surface area contributed by atoms with Crippen LogP contribution >= 0.6 is 0 Å². The normalized spacial score (nSPS) is 27.6. The molecule has 1 amide bonds. The van der Waals surface area contributed by atoms with Gasteiger partial charge in [-0.1, -0.05) is 0 Å². The summed E-state index contributed by atoms with van der Waals surface area (Å²) >= 11 is 0. The van der Waals surface area contributed by atoms with Crippen LogP contribution in [0.15, 0.2) is 6.07 Å². The summed E-state index contributed by atoms with van der Waals surface area (Å²) < 4.78 is 2.06. The molecule has 0 bridgehead atoms. The van der Waals surface area contributed by atoms with Crippen molar-refractivity contribution in [2.75, 3.05) is 0 Å². The van der Waals surface area contributed by atoms with E-state index >= 15 is 0 Å². The van der Waals surface area contributed by atoms with Gasteiger partial charge >= 0.3 is 0 Å². The van der Waals surface area contributed by atoms with Crippen LogP contribution in [0.25, 0.3) is 0 Å². The minimum Gasteiger partial charge on any atom is -0.348 e. The van der Waals surface area contributed by atoms with Crippen LogP contribution in [0.5, 0.6) is 0 Å². The number of amides is 1. The Morgan fingerprint density at radius 1 is 1.40 bits per heavy atom. The molecule has 0 aromatic carbocycles. The number of fused-ring (bicyclic) bond motifs is 1. The summed E-state index contributed by atoms with van der Waals surface area (Å²) in [4.78, 5) is 12.4. The molecule has 2 atom stereocenters. The fraction of sp³-hybridized carbons (Fsp3) is 0.625. The highest BCUT2D eigenvalue weighted by Crippen LogP contribution is 2.50. The first-order valence-electron chi connectivity index (χ1n) is 7.71. The second kappa shape index (κ2) is 4.37. The van der Waals surface area contributed by atoms with Crippen molar-refractivity contribution in [3.63, 3.8) is 0 Å². The molecule has 0 saturated heterocycles. The third-order valence-corrected chi connectivity index (χ3v) is 4.99. The maximum Gasteiger partial charge on any atom is 0.268 e. The van der Waals surface area contributed by atoms with Gasteiger partial charge in [0.1, 0.15) is 11.8 Å². The van der Waals surface area contributed by atoms with Gasteiger partial charge in [0.2, 0.25) is 0 Å². The van der Waals surface area contributed by atoms with Crippen molar-refractivity contribution in [2.24, 2.45) is 11.8 Å². The second-order valence-electron chi connectivity index (χ2n) is 6.43. The van der Waals surface area contributed by atoms with Crippen molar-refractivity contribution in [3.8, 4) is 6.07 Å². The summed E-state index contributed by atoms with van der Waals surface area (Å²) in [5.41, 5.74) is 2.43. The fourth-order valence-corrected chi connectivity index (χ4v) is 3.63. The van der Waals surface area contributed by atoms with Crippen LogP contribution in [0.4, 0.5) is 0 Å². The van der Waals surface area contributed by atoms with E-state index in [-0.39, 0.29) is 5.91 Å². The maximum atomic E-state index is 12.4. The van der Waals surface area contributed by atoms with Crippen LogP contribution in [-0.2, 0) is 13.0 Å². The molecular weight excluding hydrogens is 250 g/mol. The highest BCUT2D eigenvalue weighted by atomic mass is 16.2. The van der Waals surface area contributed by atoms with E-state index in [0.29, 0.717) is 17.3 Å². The number of aromatic nitrogens is 1. The molecule has 0 radical (unpaired) electrons. The summed E-state index contributed by atoms with van der Waals surface area (Å²) in [6.07, 6.45) is 6.97. The number of carbonyl (C=O) groups is 1. The van der Waals surface area contributed by atoms with Gasteiger partial charge in [0.05, 0.1) is 5.56 Å². The van der Waals surface area contributed by atoms with Crippen molar-refractivity contribution < 1.29 is 4.79 Å². The molecular formula is C16H19N3O. The lowest BCUT2D eigenvalue weighted by Crippen LogP contribution is -2.30. The molecule has 104 valence electrons. The second-order valence-corrected chi connectivity index (χ2v) is 6.43. The largest absolute Gasteiger partial charge is 0.348 e. The van der Waals surface area contributed by atoms with Crippen molar-refractivity contribution in [1.82, 2.24) is 9.88 Å². The molecule has 2 heterocycles. The van der Waals surface area contributed by atoms with Gasteiger partial charge in [-0.25, -0.2) is 0 Å². The number of hydrogen-bond donors (Lipinski definition) is 1. The smallest absolute Gasteiger partial charge is 0.268 e.